The smallest absolute Gasteiger partial charge is 0.268 e. The van der Waals surface area contributed by atoms with Gasteiger partial charge in [0, 0.05) is 6.42 Å². The van der Waals surface area contributed by atoms with Crippen LogP contribution in [-0.4, -0.2) is 68.5 Å². The molecular formula is C51H97N2O6P. The van der Waals surface area contributed by atoms with Gasteiger partial charge in [0.25, 0.3) is 7.82 Å². The summed E-state index contributed by atoms with van der Waals surface area (Å²) in [6, 6.07) is -0.800. The zero-order valence-corrected chi connectivity index (χ0v) is 40.8. The molecule has 0 saturated heterocycles. The molecule has 0 aromatic heterocycles. The molecule has 0 fully saturated rings. The van der Waals surface area contributed by atoms with Crippen molar-refractivity contribution in [2.75, 3.05) is 40.9 Å². The number of nitrogens with one attached hydrogen (secondary N) is 1. The molecule has 3 unspecified atom stereocenters. The molecule has 9 heteroatoms. The minimum absolute atomic E-state index is 0.0115. The zero-order valence-electron chi connectivity index (χ0n) is 39.9. The van der Waals surface area contributed by atoms with Crippen LogP contribution < -0.4 is 10.2 Å². The maximum atomic E-state index is 12.9. The van der Waals surface area contributed by atoms with Gasteiger partial charge < -0.3 is 28.8 Å². The van der Waals surface area contributed by atoms with Crippen LogP contribution in [0.2, 0.25) is 0 Å². The van der Waals surface area contributed by atoms with Gasteiger partial charge in [-0.05, 0) is 51.4 Å². The highest BCUT2D eigenvalue weighted by Gasteiger charge is 2.24. The highest BCUT2D eigenvalue weighted by Crippen LogP contribution is 2.38. The van der Waals surface area contributed by atoms with E-state index >= 15 is 0 Å². The van der Waals surface area contributed by atoms with E-state index in [4.69, 9.17) is 9.05 Å². The zero-order chi connectivity index (χ0) is 44.3. The van der Waals surface area contributed by atoms with Gasteiger partial charge in [-0.3, -0.25) is 9.36 Å². The Morgan fingerprint density at radius 2 is 1.02 bits per heavy atom. The van der Waals surface area contributed by atoms with Crippen molar-refractivity contribution in [3.05, 3.63) is 48.6 Å². The molecule has 60 heavy (non-hydrogen) atoms. The Morgan fingerprint density at radius 1 is 0.600 bits per heavy atom. The number of allylic oxidation sites excluding steroid dienone is 8. The van der Waals surface area contributed by atoms with Crippen molar-refractivity contribution in [1.29, 1.82) is 0 Å². The molecule has 0 aromatic rings. The van der Waals surface area contributed by atoms with Crippen LogP contribution in [0.3, 0.4) is 0 Å². The Bertz CT molecular complexity index is 1120. The molecule has 352 valence electrons. The van der Waals surface area contributed by atoms with E-state index in [9.17, 15) is 19.4 Å². The normalized spacial score (nSPS) is 14.6. The number of unbranched alkanes of at least 4 members (excludes halogenated alkanes) is 24. The molecule has 0 aliphatic carbocycles. The summed E-state index contributed by atoms with van der Waals surface area (Å²) in [4.78, 5) is 25.4. The van der Waals surface area contributed by atoms with Crippen molar-refractivity contribution in [3.63, 3.8) is 0 Å². The number of rotatable bonds is 45. The third kappa shape index (κ3) is 44.5. The van der Waals surface area contributed by atoms with Crippen molar-refractivity contribution in [2.24, 2.45) is 0 Å². The van der Waals surface area contributed by atoms with Crippen molar-refractivity contribution in [2.45, 2.75) is 231 Å². The van der Waals surface area contributed by atoms with Crippen molar-refractivity contribution in [3.8, 4) is 0 Å². The number of phosphoric acid groups is 1. The van der Waals surface area contributed by atoms with Crippen molar-refractivity contribution >= 4 is 13.7 Å². The molecule has 0 rings (SSSR count). The molecular weight excluding hydrogens is 768 g/mol. The lowest BCUT2D eigenvalue weighted by Gasteiger charge is -2.30. The van der Waals surface area contributed by atoms with Gasteiger partial charge in [0.1, 0.15) is 13.2 Å². The van der Waals surface area contributed by atoms with Crippen LogP contribution >= 0.6 is 7.82 Å². The molecule has 0 saturated carbocycles. The average molecular weight is 865 g/mol. The summed E-state index contributed by atoms with van der Waals surface area (Å²) < 4.78 is 23.3. The molecule has 0 aromatic carbocycles. The Kier molecular flexibility index (Phi) is 41.6. The van der Waals surface area contributed by atoms with Crippen LogP contribution in [0.1, 0.15) is 219 Å². The summed E-state index contributed by atoms with van der Waals surface area (Å²) in [7, 11) is 1.30. The van der Waals surface area contributed by atoms with Crippen LogP contribution in [0.4, 0.5) is 0 Å². The summed E-state index contributed by atoms with van der Waals surface area (Å²) in [6.45, 7) is 4.60. The van der Waals surface area contributed by atoms with Gasteiger partial charge >= 0.3 is 0 Å². The van der Waals surface area contributed by atoms with Gasteiger partial charge in [0.2, 0.25) is 5.91 Å². The number of nitrogens with zero attached hydrogens (tertiary/aromatic N) is 1. The van der Waals surface area contributed by atoms with Gasteiger partial charge in [0.05, 0.1) is 39.9 Å². The maximum Gasteiger partial charge on any atom is 0.268 e. The average Bonchev–Trinajstić information content (AvgIpc) is 3.20. The number of carbonyl (C=O) groups is 1. The summed E-state index contributed by atoms with van der Waals surface area (Å²) in [5.74, 6) is -0.167. The van der Waals surface area contributed by atoms with E-state index in [1.807, 2.05) is 21.1 Å². The standard InChI is InChI=1S/C51H97N2O6P/c1-6-8-10-12-14-16-18-19-20-21-22-23-24-25-26-27-28-29-30-31-32-33-35-37-39-41-43-45-51(55)52-49(48-59-60(56,57)58-47-46-53(3,4)5)50(54)44-42-40-38-36-34-17-15-13-11-9-7-2/h8,10,14,16,19-20,22-23,49-50,54H,6-7,9,11-13,15,17-18,21,24-48H2,1-5H3,(H-,52,55,56,57)/b10-8-,16-14-,20-19-,23-22-. The first-order valence-corrected chi connectivity index (χ1v) is 26.4. The third-order valence-corrected chi connectivity index (χ3v) is 12.0. The minimum atomic E-state index is -4.56. The van der Waals surface area contributed by atoms with E-state index in [1.54, 1.807) is 0 Å². The summed E-state index contributed by atoms with van der Waals surface area (Å²) in [6.07, 6.45) is 54.1. The number of aliphatic hydroxyl groups is 1. The fourth-order valence-electron chi connectivity index (χ4n) is 7.15. The van der Waals surface area contributed by atoms with E-state index in [0.29, 0.717) is 23.9 Å². The minimum Gasteiger partial charge on any atom is -0.756 e. The van der Waals surface area contributed by atoms with Gasteiger partial charge in [-0.1, -0.05) is 210 Å². The molecule has 0 aliphatic rings. The molecule has 8 nitrogen and oxygen atoms in total. The fraction of sp³-hybridized carbons (Fsp3) is 0.824. The number of carbonyl (C=O) groups excluding carboxylic acids is 1. The topological polar surface area (TPSA) is 108 Å². The molecule has 1 amide bonds. The molecule has 0 radical (unpaired) electrons. The summed E-state index contributed by atoms with van der Waals surface area (Å²) in [5.41, 5.74) is 0. The number of quaternary nitrogens is 1. The molecule has 0 bridgehead atoms. The lowest BCUT2D eigenvalue weighted by molar-refractivity contribution is -0.870. The molecule has 0 spiro atoms. The van der Waals surface area contributed by atoms with Crippen LogP contribution in [0.15, 0.2) is 48.6 Å². The van der Waals surface area contributed by atoms with Crippen LogP contribution in [0.5, 0.6) is 0 Å². The van der Waals surface area contributed by atoms with E-state index in [2.05, 4.69) is 67.8 Å². The quantitative estimate of drug-likeness (QED) is 0.0273. The van der Waals surface area contributed by atoms with Crippen molar-refractivity contribution in [1.82, 2.24) is 5.32 Å². The number of aliphatic hydroxyl groups excluding tert-OH is 1. The number of amides is 1. The van der Waals surface area contributed by atoms with E-state index in [1.165, 1.54) is 128 Å². The molecule has 0 aliphatic heterocycles. The lowest BCUT2D eigenvalue weighted by Crippen LogP contribution is -2.46. The second kappa shape index (κ2) is 42.7. The molecule has 0 heterocycles. The summed E-state index contributed by atoms with van der Waals surface area (Å²) in [5, 5.41) is 13.9. The fourth-order valence-corrected chi connectivity index (χ4v) is 7.87. The van der Waals surface area contributed by atoms with Crippen molar-refractivity contribution < 1.29 is 32.9 Å². The second-order valence-electron chi connectivity index (χ2n) is 18.1. The van der Waals surface area contributed by atoms with Gasteiger partial charge in [-0.25, -0.2) is 0 Å². The molecule has 3 atom stereocenters. The predicted molar refractivity (Wildman–Crippen MR) is 256 cm³/mol. The summed E-state index contributed by atoms with van der Waals surface area (Å²) >= 11 is 0. The SMILES string of the molecule is CC/C=C\C/C=C\C/C=C\C/C=C\CCCCCCCCCCCCCCCCC(=O)NC(COP(=O)([O-])OCC[N+](C)(C)C)C(O)CCCCCCCCCCCCC. The Hall–Kier alpha value is -1.54. The maximum absolute atomic E-state index is 12.9. The first-order chi connectivity index (χ1) is 29.0. The molecule has 2 N–H and O–H groups in total. The second-order valence-corrected chi connectivity index (χ2v) is 19.6. The number of likely N-dealkylation sites (N-methyl/N-ethyl adjacent to an activating group) is 1. The Balaban J connectivity index is 4.11. The Labute approximate surface area is 371 Å². The number of hydrogen-bond acceptors (Lipinski definition) is 6. The third-order valence-electron chi connectivity index (χ3n) is 11.1. The van der Waals surface area contributed by atoms with Crippen LogP contribution in [0.25, 0.3) is 0 Å². The van der Waals surface area contributed by atoms with Crippen LogP contribution in [0, 0.1) is 0 Å². The first kappa shape index (κ1) is 58.5. The number of hydrogen-bond donors (Lipinski definition) is 2. The monoisotopic (exact) mass is 865 g/mol. The largest absolute Gasteiger partial charge is 0.756 e. The van der Waals surface area contributed by atoms with E-state index in [0.717, 1.165) is 64.2 Å². The lowest BCUT2D eigenvalue weighted by atomic mass is 10.0. The highest BCUT2D eigenvalue weighted by molar-refractivity contribution is 7.45. The number of phosphoric ester groups is 1. The van der Waals surface area contributed by atoms with Crippen LogP contribution in [-0.2, 0) is 18.4 Å². The van der Waals surface area contributed by atoms with E-state index < -0.39 is 20.0 Å². The van der Waals surface area contributed by atoms with Gasteiger partial charge in [0.15, 0.2) is 0 Å². The van der Waals surface area contributed by atoms with Gasteiger partial charge in [-0.15, -0.1) is 0 Å². The highest BCUT2D eigenvalue weighted by atomic mass is 31.2. The van der Waals surface area contributed by atoms with E-state index in [-0.39, 0.29) is 19.1 Å². The predicted octanol–water partition coefficient (Wildman–Crippen LogP) is 13.8. The first-order valence-electron chi connectivity index (χ1n) is 25.0. The Morgan fingerprint density at radius 3 is 1.48 bits per heavy atom. The van der Waals surface area contributed by atoms with Gasteiger partial charge in [-0.2, -0.15) is 0 Å².